The topological polar surface area (TPSA) is 91.7 Å². The molecule has 5 heteroatoms. The zero-order valence-electron chi connectivity index (χ0n) is 20.6. The van der Waals surface area contributed by atoms with E-state index in [9.17, 15) is 24.6 Å². The molecule has 4 fully saturated rings. The van der Waals surface area contributed by atoms with Gasteiger partial charge in [0.15, 0.2) is 11.5 Å². The minimum Gasteiger partial charge on any atom is -0.505 e. The molecular formula is C28H40O5. The van der Waals surface area contributed by atoms with Crippen LogP contribution in [0.25, 0.3) is 0 Å². The first-order chi connectivity index (χ1) is 15.4. The molecule has 33 heavy (non-hydrogen) atoms. The highest BCUT2D eigenvalue weighted by Gasteiger charge is 2.66. The summed E-state index contributed by atoms with van der Waals surface area (Å²) in [4.78, 5) is 38.4. The quantitative estimate of drug-likeness (QED) is 0.566. The predicted octanol–water partition coefficient (Wildman–Crippen LogP) is 5.58. The van der Waals surface area contributed by atoms with Gasteiger partial charge in [0.1, 0.15) is 5.78 Å². The average Bonchev–Trinajstić information content (AvgIpc) is 2.73. The summed E-state index contributed by atoms with van der Waals surface area (Å²) in [5.41, 5.74) is -0.624. The number of hydrogen-bond donors (Lipinski definition) is 2. The Labute approximate surface area is 197 Å². The molecule has 2 N–H and O–H groups in total. The number of hydrogen-bond acceptors (Lipinski definition) is 4. The Morgan fingerprint density at radius 3 is 2.39 bits per heavy atom. The van der Waals surface area contributed by atoms with Crippen LogP contribution in [0.2, 0.25) is 0 Å². The second-order valence-corrected chi connectivity index (χ2v) is 13.0. The molecule has 0 aliphatic heterocycles. The molecule has 10 unspecified atom stereocenters. The first-order valence-electron chi connectivity index (χ1n) is 13.1. The number of carbonyl (C=O) groups is 3. The molecule has 0 bridgehead atoms. The van der Waals surface area contributed by atoms with Crippen LogP contribution in [0, 0.1) is 57.7 Å². The highest BCUT2D eigenvalue weighted by atomic mass is 16.4. The maximum Gasteiger partial charge on any atom is 0.303 e. The normalized spacial score (nSPS) is 51.5. The van der Waals surface area contributed by atoms with Crippen LogP contribution in [0.5, 0.6) is 0 Å². The van der Waals surface area contributed by atoms with Gasteiger partial charge in [0.25, 0.3) is 0 Å². The summed E-state index contributed by atoms with van der Waals surface area (Å²) in [6, 6.07) is 0. The maximum atomic E-state index is 14.0. The van der Waals surface area contributed by atoms with Crippen molar-refractivity contribution >= 4 is 17.5 Å². The predicted molar refractivity (Wildman–Crippen MR) is 124 cm³/mol. The molecule has 5 aliphatic carbocycles. The fourth-order valence-electron chi connectivity index (χ4n) is 9.99. The van der Waals surface area contributed by atoms with Crippen molar-refractivity contribution in [2.45, 2.75) is 85.5 Å². The molecule has 10 atom stereocenters. The molecule has 5 aliphatic rings. The number of aliphatic hydroxyl groups excluding tert-OH is 1. The summed E-state index contributed by atoms with van der Waals surface area (Å²) in [5.74, 6) is 0.297. The number of rotatable bonds is 2. The van der Waals surface area contributed by atoms with Crippen molar-refractivity contribution in [1.82, 2.24) is 0 Å². The lowest BCUT2D eigenvalue weighted by Gasteiger charge is -2.66. The van der Waals surface area contributed by atoms with E-state index in [0.29, 0.717) is 18.1 Å². The second-order valence-electron chi connectivity index (χ2n) is 13.0. The van der Waals surface area contributed by atoms with Crippen molar-refractivity contribution < 1.29 is 24.6 Å². The summed E-state index contributed by atoms with van der Waals surface area (Å²) in [5, 5.41) is 20.3. The van der Waals surface area contributed by atoms with Crippen LogP contribution in [0.1, 0.15) is 85.5 Å². The fraction of sp³-hybridized carbons (Fsp3) is 0.821. The monoisotopic (exact) mass is 456 g/mol. The van der Waals surface area contributed by atoms with Crippen LogP contribution in [0.4, 0.5) is 0 Å². The van der Waals surface area contributed by atoms with Crippen molar-refractivity contribution in [3.63, 3.8) is 0 Å². The molecule has 0 amide bonds. The third kappa shape index (κ3) is 3.13. The first kappa shape index (κ1) is 23.1. The lowest BCUT2D eigenvalue weighted by molar-refractivity contribution is -0.187. The van der Waals surface area contributed by atoms with Gasteiger partial charge in [-0.25, -0.2) is 0 Å². The van der Waals surface area contributed by atoms with Crippen LogP contribution in [0.15, 0.2) is 11.8 Å². The van der Waals surface area contributed by atoms with Crippen molar-refractivity contribution in [1.29, 1.82) is 0 Å². The van der Waals surface area contributed by atoms with Gasteiger partial charge in [0, 0.05) is 18.3 Å². The number of aliphatic hydroxyl groups is 1. The number of Topliss-reactive ketones (excluding diaryl/α,β-unsaturated/α-hetero) is 2. The second kappa shape index (κ2) is 7.42. The van der Waals surface area contributed by atoms with Crippen molar-refractivity contribution in [2.75, 3.05) is 0 Å². The first-order valence-corrected chi connectivity index (χ1v) is 13.1. The van der Waals surface area contributed by atoms with E-state index in [-0.39, 0.29) is 69.7 Å². The molecule has 0 saturated heterocycles. The smallest absolute Gasteiger partial charge is 0.303 e. The molecule has 0 spiro atoms. The minimum atomic E-state index is -0.727. The van der Waals surface area contributed by atoms with E-state index in [2.05, 4.69) is 20.8 Å². The maximum absolute atomic E-state index is 14.0. The van der Waals surface area contributed by atoms with Crippen molar-refractivity contribution in [3.05, 3.63) is 11.8 Å². The van der Waals surface area contributed by atoms with Crippen LogP contribution < -0.4 is 0 Å². The molecule has 0 aromatic heterocycles. The Morgan fingerprint density at radius 2 is 1.70 bits per heavy atom. The standard InChI is InChI=1S/C28H40O5/c1-15-5-9-28(14-23(31)32)10-7-18-24(19(28)11-15)20(29)12-22-26(18,3)8-6-17-16(2)25(33)21(30)13-27(17,22)4/h13,15-19,22,24,30H,5-12,14H2,1-4H3,(H,31,32). The van der Waals surface area contributed by atoms with Gasteiger partial charge in [0.05, 0.1) is 6.42 Å². The van der Waals surface area contributed by atoms with Crippen LogP contribution in [-0.2, 0) is 14.4 Å². The summed E-state index contributed by atoms with van der Waals surface area (Å²) < 4.78 is 0. The Kier molecular flexibility index (Phi) is 5.20. The lowest BCUT2D eigenvalue weighted by atomic mass is 9.37. The van der Waals surface area contributed by atoms with E-state index in [1.165, 1.54) is 0 Å². The summed E-state index contributed by atoms with van der Waals surface area (Å²) >= 11 is 0. The van der Waals surface area contributed by atoms with Crippen LogP contribution in [0.3, 0.4) is 0 Å². The van der Waals surface area contributed by atoms with E-state index < -0.39 is 5.97 Å². The van der Waals surface area contributed by atoms with Crippen molar-refractivity contribution in [2.24, 2.45) is 57.7 Å². The lowest BCUT2D eigenvalue weighted by Crippen LogP contribution is -2.63. The fourth-order valence-corrected chi connectivity index (χ4v) is 9.99. The number of carboxylic acids is 1. The molecule has 0 radical (unpaired) electrons. The van der Waals surface area contributed by atoms with E-state index in [1.54, 1.807) is 6.08 Å². The van der Waals surface area contributed by atoms with E-state index in [1.807, 2.05) is 6.92 Å². The van der Waals surface area contributed by atoms with E-state index in [4.69, 9.17) is 0 Å². The third-order valence-electron chi connectivity index (χ3n) is 11.6. The van der Waals surface area contributed by atoms with Gasteiger partial charge in [-0.15, -0.1) is 0 Å². The molecule has 4 saturated carbocycles. The van der Waals surface area contributed by atoms with Gasteiger partial charge < -0.3 is 10.2 Å². The van der Waals surface area contributed by atoms with Gasteiger partial charge in [-0.2, -0.15) is 0 Å². The van der Waals surface area contributed by atoms with Gasteiger partial charge in [-0.1, -0.05) is 34.1 Å². The Morgan fingerprint density at radius 1 is 1.03 bits per heavy atom. The highest BCUT2D eigenvalue weighted by molar-refractivity contribution is 5.96. The largest absolute Gasteiger partial charge is 0.505 e. The van der Waals surface area contributed by atoms with Crippen LogP contribution in [-0.4, -0.2) is 27.7 Å². The Balaban J connectivity index is 1.55. The molecule has 0 aromatic rings. The molecule has 5 rings (SSSR count). The van der Waals surface area contributed by atoms with Crippen LogP contribution >= 0.6 is 0 Å². The van der Waals surface area contributed by atoms with Gasteiger partial charge >= 0.3 is 5.97 Å². The summed E-state index contributed by atoms with van der Waals surface area (Å²) in [6.07, 6.45) is 9.22. The van der Waals surface area contributed by atoms with Gasteiger partial charge in [-0.3, -0.25) is 14.4 Å². The van der Waals surface area contributed by atoms with E-state index >= 15 is 0 Å². The molecule has 0 aromatic carbocycles. The number of carbonyl (C=O) groups excluding carboxylic acids is 2. The average molecular weight is 457 g/mol. The summed E-state index contributed by atoms with van der Waals surface area (Å²) in [6.45, 7) is 8.74. The Bertz CT molecular complexity index is 921. The number of fused-ring (bicyclic) bond motifs is 7. The SMILES string of the molecule is CC1CCC2(CC(=O)O)CCC3C(C(=O)CC4C5(C)C=C(O)C(=O)C(C)C5CCC34C)C2C1. The number of allylic oxidation sites excluding steroid dienone is 2. The number of aliphatic carboxylic acids is 1. The minimum absolute atomic E-state index is 0.0310. The number of carboxylic acid groups (broad SMARTS) is 1. The molecular weight excluding hydrogens is 416 g/mol. The summed E-state index contributed by atoms with van der Waals surface area (Å²) in [7, 11) is 0. The molecule has 5 nitrogen and oxygen atoms in total. The van der Waals surface area contributed by atoms with Gasteiger partial charge in [0.2, 0.25) is 0 Å². The zero-order chi connectivity index (χ0) is 23.9. The van der Waals surface area contributed by atoms with Gasteiger partial charge in [-0.05, 0) is 90.4 Å². The van der Waals surface area contributed by atoms with Crippen molar-refractivity contribution in [3.8, 4) is 0 Å². The van der Waals surface area contributed by atoms with E-state index in [0.717, 1.165) is 44.9 Å². The molecule has 0 heterocycles. The molecule has 182 valence electrons. The zero-order valence-corrected chi connectivity index (χ0v) is 20.6. The highest BCUT2D eigenvalue weighted by Crippen LogP contribution is 2.70. The third-order valence-corrected chi connectivity index (χ3v) is 11.6. The Hall–Kier alpha value is -1.65. The number of ketones is 2.